The molecule has 0 aliphatic heterocycles. The first-order valence-electron chi connectivity index (χ1n) is 6.77. The standard InChI is InChI=1S/C13H18N6OS/c1-9(20)17-11(4-2-3-6-14)13-19-18-12(21-13)10-5-7-15-8-16-10/h5,7-8,11H,2-4,6,14H2,1H3,(H,17,20)/t11-/m0/s1. The van der Waals surface area contributed by atoms with Gasteiger partial charge in [-0.1, -0.05) is 11.3 Å². The quantitative estimate of drug-likeness (QED) is 0.747. The summed E-state index contributed by atoms with van der Waals surface area (Å²) in [6.45, 7) is 2.15. The Morgan fingerprint density at radius 3 is 2.95 bits per heavy atom. The minimum atomic E-state index is -0.123. The van der Waals surface area contributed by atoms with Crippen molar-refractivity contribution in [2.24, 2.45) is 5.73 Å². The zero-order chi connectivity index (χ0) is 15.1. The second-order valence-corrected chi connectivity index (χ2v) is 5.59. The van der Waals surface area contributed by atoms with Crippen molar-refractivity contribution in [3.63, 3.8) is 0 Å². The number of nitrogens with zero attached hydrogens (tertiary/aromatic N) is 4. The Morgan fingerprint density at radius 2 is 2.29 bits per heavy atom. The molecule has 0 aliphatic rings. The van der Waals surface area contributed by atoms with E-state index in [4.69, 9.17) is 5.73 Å². The number of hydrogen-bond acceptors (Lipinski definition) is 7. The zero-order valence-corrected chi connectivity index (χ0v) is 12.6. The van der Waals surface area contributed by atoms with Crippen molar-refractivity contribution >= 4 is 17.2 Å². The second kappa shape index (κ2) is 7.75. The third-order valence-electron chi connectivity index (χ3n) is 2.86. The fourth-order valence-corrected chi connectivity index (χ4v) is 2.80. The van der Waals surface area contributed by atoms with E-state index in [1.54, 1.807) is 12.3 Å². The van der Waals surface area contributed by atoms with Crippen molar-refractivity contribution < 1.29 is 4.79 Å². The molecule has 0 aliphatic carbocycles. The summed E-state index contributed by atoms with van der Waals surface area (Å²) < 4.78 is 0. The van der Waals surface area contributed by atoms with Gasteiger partial charge in [0.1, 0.15) is 17.0 Å². The molecule has 1 amide bonds. The molecule has 112 valence electrons. The van der Waals surface area contributed by atoms with Crippen LogP contribution in [0.15, 0.2) is 18.6 Å². The number of carbonyl (C=O) groups excluding carboxylic acids is 1. The van der Waals surface area contributed by atoms with E-state index in [1.807, 2.05) is 0 Å². The van der Waals surface area contributed by atoms with Crippen LogP contribution in [0.2, 0.25) is 0 Å². The average Bonchev–Trinajstić information content (AvgIpc) is 2.97. The first-order valence-corrected chi connectivity index (χ1v) is 7.59. The van der Waals surface area contributed by atoms with Gasteiger partial charge in [0, 0.05) is 13.1 Å². The number of unbranched alkanes of at least 4 members (excludes halogenated alkanes) is 1. The summed E-state index contributed by atoms with van der Waals surface area (Å²) in [5, 5.41) is 12.8. The molecule has 0 aromatic carbocycles. The lowest BCUT2D eigenvalue weighted by Gasteiger charge is -2.14. The highest BCUT2D eigenvalue weighted by molar-refractivity contribution is 7.14. The van der Waals surface area contributed by atoms with Gasteiger partial charge in [0.2, 0.25) is 5.91 Å². The lowest BCUT2D eigenvalue weighted by atomic mass is 10.1. The molecule has 3 N–H and O–H groups in total. The number of carbonyl (C=O) groups is 1. The normalized spacial score (nSPS) is 12.1. The lowest BCUT2D eigenvalue weighted by Crippen LogP contribution is -2.26. The van der Waals surface area contributed by atoms with E-state index in [9.17, 15) is 4.79 Å². The van der Waals surface area contributed by atoms with Crippen molar-refractivity contribution in [2.45, 2.75) is 32.2 Å². The largest absolute Gasteiger partial charge is 0.347 e. The average molecular weight is 306 g/mol. The van der Waals surface area contributed by atoms with Crippen molar-refractivity contribution in [1.82, 2.24) is 25.5 Å². The van der Waals surface area contributed by atoms with Gasteiger partial charge in [0.15, 0.2) is 5.01 Å². The van der Waals surface area contributed by atoms with Crippen LogP contribution in [0.4, 0.5) is 0 Å². The molecule has 0 bridgehead atoms. The highest BCUT2D eigenvalue weighted by atomic mass is 32.1. The van der Waals surface area contributed by atoms with Crippen LogP contribution in [-0.2, 0) is 4.79 Å². The van der Waals surface area contributed by atoms with Crippen LogP contribution >= 0.6 is 11.3 Å². The molecule has 2 rings (SSSR count). The Bertz CT molecular complexity index is 573. The highest BCUT2D eigenvalue weighted by Crippen LogP contribution is 2.27. The van der Waals surface area contributed by atoms with Crippen LogP contribution < -0.4 is 11.1 Å². The molecule has 0 saturated carbocycles. The number of hydrogen-bond donors (Lipinski definition) is 2. The molecule has 2 aromatic heterocycles. The molecule has 21 heavy (non-hydrogen) atoms. The fourth-order valence-electron chi connectivity index (χ4n) is 1.89. The van der Waals surface area contributed by atoms with Crippen LogP contribution in [0.25, 0.3) is 10.7 Å². The fraction of sp³-hybridized carbons (Fsp3) is 0.462. The van der Waals surface area contributed by atoms with E-state index in [1.165, 1.54) is 24.6 Å². The summed E-state index contributed by atoms with van der Waals surface area (Å²) in [6, 6.07) is 1.66. The minimum absolute atomic E-state index is 0.0773. The summed E-state index contributed by atoms with van der Waals surface area (Å²) in [4.78, 5) is 19.4. The molecule has 0 radical (unpaired) electrons. The van der Waals surface area contributed by atoms with Gasteiger partial charge in [0.05, 0.1) is 6.04 Å². The van der Waals surface area contributed by atoms with Gasteiger partial charge in [-0.25, -0.2) is 9.97 Å². The maximum Gasteiger partial charge on any atom is 0.217 e. The Kier molecular flexibility index (Phi) is 5.70. The van der Waals surface area contributed by atoms with Gasteiger partial charge in [-0.15, -0.1) is 10.2 Å². The number of aromatic nitrogens is 4. The van der Waals surface area contributed by atoms with Crippen LogP contribution in [-0.4, -0.2) is 32.6 Å². The smallest absolute Gasteiger partial charge is 0.217 e. The van der Waals surface area contributed by atoms with Crippen LogP contribution in [0.3, 0.4) is 0 Å². The third-order valence-corrected chi connectivity index (χ3v) is 3.92. The van der Waals surface area contributed by atoms with Gasteiger partial charge in [-0.05, 0) is 31.9 Å². The molecule has 2 aromatic rings. The van der Waals surface area contributed by atoms with Crippen molar-refractivity contribution in [3.05, 3.63) is 23.6 Å². The maximum absolute atomic E-state index is 11.3. The predicted octanol–water partition coefficient (Wildman–Crippen LogP) is 1.30. The van der Waals surface area contributed by atoms with E-state index in [2.05, 4.69) is 25.5 Å². The lowest BCUT2D eigenvalue weighted by molar-refractivity contribution is -0.119. The molecule has 7 nitrogen and oxygen atoms in total. The summed E-state index contributed by atoms with van der Waals surface area (Å²) in [5.74, 6) is -0.0773. The van der Waals surface area contributed by atoms with E-state index in [0.29, 0.717) is 6.54 Å². The Labute approximate surface area is 127 Å². The van der Waals surface area contributed by atoms with E-state index in [0.717, 1.165) is 35.0 Å². The van der Waals surface area contributed by atoms with E-state index in [-0.39, 0.29) is 11.9 Å². The van der Waals surface area contributed by atoms with Crippen molar-refractivity contribution in [2.75, 3.05) is 6.54 Å². The first-order chi connectivity index (χ1) is 10.2. The van der Waals surface area contributed by atoms with Crippen molar-refractivity contribution in [3.8, 4) is 10.7 Å². The van der Waals surface area contributed by atoms with Crippen LogP contribution in [0.1, 0.15) is 37.2 Å². The molecule has 2 heterocycles. The van der Waals surface area contributed by atoms with Gasteiger partial charge in [0.25, 0.3) is 0 Å². The van der Waals surface area contributed by atoms with E-state index >= 15 is 0 Å². The molecule has 0 fully saturated rings. The van der Waals surface area contributed by atoms with Crippen LogP contribution in [0.5, 0.6) is 0 Å². The number of nitrogens with one attached hydrogen (secondary N) is 1. The monoisotopic (exact) mass is 306 g/mol. The van der Waals surface area contributed by atoms with Crippen LogP contribution in [0, 0.1) is 0 Å². The highest BCUT2D eigenvalue weighted by Gasteiger charge is 2.18. The summed E-state index contributed by atoms with van der Waals surface area (Å²) >= 11 is 1.44. The Balaban J connectivity index is 2.12. The van der Waals surface area contributed by atoms with Crippen molar-refractivity contribution in [1.29, 1.82) is 0 Å². The second-order valence-electron chi connectivity index (χ2n) is 4.58. The number of rotatable bonds is 7. The Morgan fingerprint density at radius 1 is 1.43 bits per heavy atom. The first kappa shape index (κ1) is 15.5. The topological polar surface area (TPSA) is 107 Å². The molecule has 0 unspecified atom stereocenters. The SMILES string of the molecule is CC(=O)N[C@@H](CCCCN)c1nnc(-c2ccncn2)s1. The summed E-state index contributed by atoms with van der Waals surface area (Å²) in [6.07, 6.45) is 5.80. The Hall–Kier alpha value is -1.93. The van der Waals surface area contributed by atoms with Gasteiger partial charge in [-0.2, -0.15) is 0 Å². The molecular formula is C13H18N6OS. The maximum atomic E-state index is 11.3. The molecule has 0 spiro atoms. The molecule has 1 atom stereocenters. The molecular weight excluding hydrogens is 288 g/mol. The number of nitrogens with two attached hydrogens (primary N) is 1. The predicted molar refractivity (Wildman–Crippen MR) is 80.4 cm³/mol. The van der Waals surface area contributed by atoms with E-state index < -0.39 is 0 Å². The third kappa shape index (κ3) is 4.54. The van der Waals surface area contributed by atoms with Gasteiger partial charge in [-0.3, -0.25) is 4.79 Å². The number of amides is 1. The van der Waals surface area contributed by atoms with Gasteiger partial charge < -0.3 is 11.1 Å². The molecule has 8 heteroatoms. The molecule has 0 saturated heterocycles. The summed E-state index contributed by atoms with van der Waals surface area (Å²) in [7, 11) is 0. The summed E-state index contributed by atoms with van der Waals surface area (Å²) in [5.41, 5.74) is 6.24. The zero-order valence-electron chi connectivity index (χ0n) is 11.8. The van der Waals surface area contributed by atoms with Gasteiger partial charge >= 0.3 is 0 Å². The minimum Gasteiger partial charge on any atom is -0.347 e.